The van der Waals surface area contributed by atoms with Crippen molar-refractivity contribution in [2.75, 3.05) is 14.2 Å². The van der Waals surface area contributed by atoms with E-state index in [1.54, 1.807) is 31.4 Å². The largest absolute Gasteiger partial charge is 0.497 e. The Morgan fingerprint density at radius 1 is 1.36 bits per heavy atom. The quantitative estimate of drug-likeness (QED) is 0.779. The SMILES string of the molecule is COc1cccc(COC(=O)C2=CN(C)S(=O)(=O)N=C2C)c1. The summed E-state index contributed by atoms with van der Waals surface area (Å²) >= 11 is 0. The zero-order chi connectivity index (χ0) is 16.3. The Balaban J connectivity index is 2.08. The molecule has 0 bridgehead atoms. The average Bonchev–Trinajstić information content (AvgIpc) is 2.48. The van der Waals surface area contributed by atoms with Gasteiger partial charge in [-0.1, -0.05) is 12.1 Å². The Bertz CT molecular complexity index is 752. The molecule has 0 saturated carbocycles. The molecule has 0 amide bonds. The highest BCUT2D eigenvalue weighted by atomic mass is 32.2. The van der Waals surface area contributed by atoms with Gasteiger partial charge in [-0.25, -0.2) is 4.79 Å². The van der Waals surface area contributed by atoms with E-state index >= 15 is 0 Å². The van der Waals surface area contributed by atoms with Crippen molar-refractivity contribution in [1.82, 2.24) is 4.31 Å². The van der Waals surface area contributed by atoms with Crippen LogP contribution in [0, 0.1) is 0 Å². The van der Waals surface area contributed by atoms with E-state index in [1.165, 1.54) is 20.2 Å². The van der Waals surface area contributed by atoms with Gasteiger partial charge in [0, 0.05) is 13.2 Å². The number of esters is 1. The second kappa shape index (κ2) is 6.18. The van der Waals surface area contributed by atoms with Crippen LogP contribution in [-0.2, 0) is 26.3 Å². The number of nitrogens with zero attached hydrogens (tertiary/aromatic N) is 2. The number of methoxy groups -OCH3 is 1. The summed E-state index contributed by atoms with van der Waals surface area (Å²) in [5, 5.41) is 0. The molecule has 0 aliphatic carbocycles. The molecule has 1 aliphatic rings. The van der Waals surface area contributed by atoms with Gasteiger partial charge in [0.15, 0.2) is 0 Å². The highest BCUT2D eigenvalue weighted by molar-refractivity contribution is 7.88. The smallest absolute Gasteiger partial charge is 0.344 e. The van der Waals surface area contributed by atoms with Crippen molar-refractivity contribution < 1.29 is 22.7 Å². The predicted molar refractivity (Wildman–Crippen MR) is 80.7 cm³/mol. The number of benzene rings is 1. The highest BCUT2D eigenvalue weighted by Crippen LogP contribution is 2.17. The standard InChI is InChI=1S/C14H16N2O5S/c1-10-13(8-16(2)22(18,19)15-10)14(17)21-9-11-5-4-6-12(7-11)20-3/h4-8H,9H2,1-3H3. The summed E-state index contributed by atoms with van der Waals surface area (Å²) in [6.45, 7) is 1.50. The van der Waals surface area contributed by atoms with Crippen molar-refractivity contribution in [3.63, 3.8) is 0 Å². The fraction of sp³-hybridized carbons (Fsp3) is 0.286. The minimum absolute atomic E-state index is 0.0527. The second-order valence-corrected chi connectivity index (χ2v) is 6.30. The predicted octanol–water partition coefficient (Wildman–Crippen LogP) is 1.27. The van der Waals surface area contributed by atoms with Gasteiger partial charge in [-0.15, -0.1) is 4.40 Å². The summed E-state index contributed by atoms with van der Waals surface area (Å²) in [7, 11) is -0.877. The summed E-state index contributed by atoms with van der Waals surface area (Å²) in [5.41, 5.74) is 0.980. The minimum atomic E-state index is -3.73. The first-order chi connectivity index (χ1) is 10.3. The van der Waals surface area contributed by atoms with Crippen molar-refractivity contribution in [2.24, 2.45) is 4.40 Å². The van der Waals surface area contributed by atoms with Crippen LogP contribution in [0.3, 0.4) is 0 Å². The molecule has 0 radical (unpaired) electrons. The maximum absolute atomic E-state index is 12.1. The first-order valence-electron chi connectivity index (χ1n) is 6.40. The molecule has 1 aromatic rings. The van der Waals surface area contributed by atoms with Crippen LogP contribution in [0.25, 0.3) is 0 Å². The molecule has 1 aliphatic heterocycles. The van der Waals surface area contributed by atoms with E-state index in [1.807, 2.05) is 0 Å². The molecule has 8 heteroatoms. The molecule has 0 unspecified atom stereocenters. The van der Waals surface area contributed by atoms with Crippen molar-refractivity contribution in [3.05, 3.63) is 41.6 Å². The van der Waals surface area contributed by atoms with Crippen LogP contribution in [-0.4, -0.2) is 38.6 Å². The monoisotopic (exact) mass is 324 g/mol. The van der Waals surface area contributed by atoms with Crippen LogP contribution in [0.5, 0.6) is 5.75 Å². The van der Waals surface area contributed by atoms with Gasteiger partial charge in [-0.05, 0) is 24.6 Å². The maximum atomic E-state index is 12.1. The summed E-state index contributed by atoms with van der Waals surface area (Å²) in [6, 6.07) is 7.11. The molecule has 0 spiro atoms. The van der Waals surface area contributed by atoms with Crippen LogP contribution >= 0.6 is 0 Å². The van der Waals surface area contributed by atoms with E-state index in [2.05, 4.69) is 4.40 Å². The van der Waals surface area contributed by atoms with Crippen molar-refractivity contribution in [2.45, 2.75) is 13.5 Å². The van der Waals surface area contributed by atoms with E-state index < -0.39 is 16.2 Å². The molecule has 0 atom stereocenters. The molecule has 118 valence electrons. The van der Waals surface area contributed by atoms with Gasteiger partial charge < -0.3 is 9.47 Å². The fourth-order valence-corrected chi connectivity index (χ4v) is 2.63. The fourth-order valence-electron chi connectivity index (χ4n) is 1.82. The van der Waals surface area contributed by atoms with Crippen LogP contribution in [0.4, 0.5) is 0 Å². The molecule has 1 heterocycles. The van der Waals surface area contributed by atoms with Gasteiger partial charge in [0.2, 0.25) is 0 Å². The Morgan fingerprint density at radius 2 is 2.09 bits per heavy atom. The average molecular weight is 324 g/mol. The first kappa shape index (κ1) is 16.0. The topological polar surface area (TPSA) is 85.3 Å². The summed E-state index contributed by atoms with van der Waals surface area (Å²) in [4.78, 5) is 12.1. The molecule has 2 rings (SSSR count). The number of carbonyl (C=O) groups is 1. The highest BCUT2D eigenvalue weighted by Gasteiger charge is 2.26. The lowest BCUT2D eigenvalue weighted by atomic mass is 10.2. The van der Waals surface area contributed by atoms with E-state index in [4.69, 9.17) is 9.47 Å². The van der Waals surface area contributed by atoms with Gasteiger partial charge in [-0.3, -0.25) is 4.31 Å². The lowest BCUT2D eigenvalue weighted by molar-refractivity contribution is -0.139. The molecule has 0 saturated heterocycles. The summed E-state index contributed by atoms with van der Waals surface area (Å²) in [5.74, 6) is 0.0276. The number of rotatable bonds is 4. The maximum Gasteiger partial charge on any atom is 0.344 e. The van der Waals surface area contributed by atoms with E-state index in [9.17, 15) is 13.2 Å². The molecule has 1 aromatic carbocycles. The van der Waals surface area contributed by atoms with Crippen molar-refractivity contribution in [3.8, 4) is 5.75 Å². The lowest BCUT2D eigenvalue weighted by Crippen LogP contribution is -2.29. The Labute approximate surface area is 129 Å². The summed E-state index contributed by atoms with van der Waals surface area (Å²) in [6.07, 6.45) is 1.20. The van der Waals surface area contributed by atoms with Crippen LogP contribution < -0.4 is 4.74 Å². The number of hydrogen-bond donors (Lipinski definition) is 0. The van der Waals surface area contributed by atoms with E-state index in [0.29, 0.717) is 5.75 Å². The van der Waals surface area contributed by atoms with Gasteiger partial charge >= 0.3 is 16.2 Å². The molecule has 7 nitrogen and oxygen atoms in total. The summed E-state index contributed by atoms with van der Waals surface area (Å²) < 4.78 is 37.7. The van der Waals surface area contributed by atoms with E-state index in [-0.39, 0.29) is 17.9 Å². The number of ether oxygens (including phenoxy) is 2. The van der Waals surface area contributed by atoms with Crippen molar-refractivity contribution in [1.29, 1.82) is 0 Å². The van der Waals surface area contributed by atoms with E-state index in [0.717, 1.165) is 9.87 Å². The zero-order valence-corrected chi connectivity index (χ0v) is 13.3. The molecule has 0 fully saturated rings. The van der Waals surface area contributed by atoms with Crippen LogP contribution in [0.15, 0.2) is 40.4 Å². The Morgan fingerprint density at radius 3 is 2.77 bits per heavy atom. The van der Waals surface area contributed by atoms with Gasteiger partial charge in [0.25, 0.3) is 0 Å². The molecule has 0 N–H and O–H groups in total. The molecular weight excluding hydrogens is 308 g/mol. The third-order valence-electron chi connectivity index (χ3n) is 3.04. The Kier molecular flexibility index (Phi) is 4.51. The number of carbonyl (C=O) groups excluding carboxylic acids is 1. The minimum Gasteiger partial charge on any atom is -0.497 e. The van der Waals surface area contributed by atoms with Crippen LogP contribution in [0.2, 0.25) is 0 Å². The molecular formula is C14H16N2O5S. The third-order valence-corrected chi connectivity index (χ3v) is 4.38. The normalized spacial score (nSPS) is 16.6. The zero-order valence-electron chi connectivity index (χ0n) is 12.4. The number of hydrogen-bond acceptors (Lipinski definition) is 5. The van der Waals surface area contributed by atoms with Gasteiger partial charge in [-0.2, -0.15) is 8.42 Å². The lowest BCUT2D eigenvalue weighted by Gasteiger charge is -2.19. The van der Waals surface area contributed by atoms with Gasteiger partial charge in [0.1, 0.15) is 12.4 Å². The first-order valence-corrected chi connectivity index (χ1v) is 7.80. The van der Waals surface area contributed by atoms with Crippen LogP contribution in [0.1, 0.15) is 12.5 Å². The third kappa shape index (κ3) is 3.45. The van der Waals surface area contributed by atoms with Crippen molar-refractivity contribution >= 4 is 21.9 Å². The van der Waals surface area contributed by atoms with Gasteiger partial charge in [0.05, 0.1) is 18.4 Å². The Hall–Kier alpha value is -2.35. The second-order valence-electron chi connectivity index (χ2n) is 4.64. The molecule has 22 heavy (non-hydrogen) atoms. The molecule has 0 aromatic heterocycles.